The topological polar surface area (TPSA) is 93.9 Å². The van der Waals surface area contributed by atoms with Crippen molar-refractivity contribution in [3.8, 4) is 11.5 Å². The van der Waals surface area contributed by atoms with Gasteiger partial charge in [-0.15, -0.1) is 5.60 Å². The Labute approximate surface area is 423 Å². The van der Waals surface area contributed by atoms with Gasteiger partial charge in [-0.3, -0.25) is 9.49 Å². The van der Waals surface area contributed by atoms with Gasteiger partial charge in [-0.2, -0.15) is 0 Å². The fraction of sp³-hybridized carbons (Fsp3) is 0.379. The Kier molecular flexibility index (Phi) is 17.8. The van der Waals surface area contributed by atoms with Gasteiger partial charge in [-0.25, -0.2) is 0 Å². The number of hydrogen-bond donors (Lipinski definition) is 0. The van der Waals surface area contributed by atoms with Crippen molar-refractivity contribution in [1.82, 2.24) is 0 Å². The van der Waals surface area contributed by atoms with Crippen LogP contribution in [0.5, 0.6) is 11.5 Å². The molecular weight excluding hydrogens is 924 g/mol. The van der Waals surface area contributed by atoms with Crippen LogP contribution in [0, 0.1) is 0 Å². The summed E-state index contributed by atoms with van der Waals surface area (Å²) >= 11 is 0. The van der Waals surface area contributed by atoms with Crippen LogP contribution < -0.4 is 47.1 Å². The first-order valence-corrected chi connectivity index (χ1v) is 26.4. The van der Waals surface area contributed by atoms with E-state index in [1.165, 1.54) is 0 Å². The second-order valence-corrected chi connectivity index (χ2v) is 28.3. The molecule has 0 fully saturated rings. The maximum absolute atomic E-state index is 15.2. The predicted molar refractivity (Wildman–Crippen MR) is 278 cm³/mol. The van der Waals surface area contributed by atoms with E-state index in [4.69, 9.17) is 9.49 Å². The average molecular weight is 997 g/mol. The Hall–Kier alpha value is -3.56. The molecule has 8 heteroatoms. The third kappa shape index (κ3) is 12.7. The zero-order valence-corrected chi connectivity index (χ0v) is 47.0. The first kappa shape index (κ1) is 55.0. The van der Waals surface area contributed by atoms with Gasteiger partial charge in [-0.05, 0) is 66.7 Å². The zero-order valence-electron chi connectivity index (χ0n) is 42.4. The summed E-state index contributed by atoms with van der Waals surface area (Å²) < 4.78 is 11.7. The fourth-order valence-electron chi connectivity index (χ4n) is 7.99. The quantitative estimate of drug-likeness (QED) is 0.107. The molecule has 0 aliphatic heterocycles. The van der Waals surface area contributed by atoms with Gasteiger partial charge < -0.3 is 15.3 Å². The first-order chi connectivity index (χ1) is 30.1. The monoisotopic (exact) mass is 996 g/mol. The van der Waals surface area contributed by atoms with E-state index in [-0.39, 0.29) is 65.9 Å². The summed E-state index contributed by atoms with van der Waals surface area (Å²) in [5.74, 6) is 0.106. The van der Waals surface area contributed by atoms with Gasteiger partial charge in [0.25, 0.3) is 0 Å². The van der Waals surface area contributed by atoms with Gasteiger partial charge in [0.1, 0.15) is 0 Å². The Balaban J connectivity index is 0.00000150. The summed E-state index contributed by atoms with van der Waals surface area (Å²) in [7, 11) is -5.90. The molecule has 0 bridgehead atoms. The van der Waals surface area contributed by atoms with Crippen molar-refractivity contribution >= 4 is 45.9 Å². The van der Waals surface area contributed by atoms with Gasteiger partial charge in [0.2, 0.25) is 0 Å². The summed E-state index contributed by atoms with van der Waals surface area (Å²) in [6.07, 6.45) is 0. The molecule has 66 heavy (non-hydrogen) atoms. The van der Waals surface area contributed by atoms with Crippen molar-refractivity contribution in [2.75, 3.05) is 13.1 Å². The number of rotatable bonds is 9. The van der Waals surface area contributed by atoms with Gasteiger partial charge in [-0.1, -0.05) is 249 Å². The molecule has 0 unspecified atom stereocenters. The molecule has 6 aromatic rings. The van der Waals surface area contributed by atoms with Gasteiger partial charge in [0.15, 0.2) is 0 Å². The van der Waals surface area contributed by atoms with E-state index < -0.39 is 19.7 Å². The minimum Gasteiger partial charge on any atom is -0.872 e. The molecule has 0 aliphatic carbocycles. The first-order valence-electron chi connectivity index (χ1n) is 22.9. The van der Waals surface area contributed by atoms with Crippen LogP contribution in [0.25, 0.3) is 0 Å². The number of benzene rings is 6. The molecule has 346 valence electrons. The van der Waals surface area contributed by atoms with E-state index >= 15 is 10.2 Å². The molecule has 0 N–H and O–H groups in total. The SMILES string of the molecule is CC(C)(C)[O-].CC(C)(C)c1cc(C(C)(C)C)c([O-])c(P(=NCCN=P(c2ccccc2)(c2ccccc2)c2cc(C(C)(C)C)cc(C(C)(C)C)c2[O-])(c2ccccc2)c2ccccc2)c1.[Y+3]. The normalized spacial score (nSPS) is 12.7. The Bertz CT molecular complexity index is 2370. The van der Waals surface area contributed by atoms with Crippen molar-refractivity contribution in [1.29, 1.82) is 0 Å². The summed E-state index contributed by atoms with van der Waals surface area (Å²) in [5, 5.41) is 46.1. The molecule has 0 heterocycles. The van der Waals surface area contributed by atoms with Crippen molar-refractivity contribution in [3.63, 3.8) is 0 Å². The Morgan fingerprint density at radius 2 is 0.606 bits per heavy atom. The van der Waals surface area contributed by atoms with E-state index in [2.05, 4.69) is 204 Å². The van der Waals surface area contributed by atoms with E-state index in [9.17, 15) is 5.11 Å². The fourth-order valence-corrected chi connectivity index (χ4v) is 15.3. The largest absolute Gasteiger partial charge is 3.00 e. The molecule has 6 rings (SSSR count). The number of hydrogen-bond acceptors (Lipinski definition) is 5. The third-order valence-electron chi connectivity index (χ3n) is 11.4. The van der Waals surface area contributed by atoms with E-state index in [0.717, 1.165) is 54.1 Å². The summed E-state index contributed by atoms with van der Waals surface area (Å²) in [6.45, 7) is 31.6. The van der Waals surface area contributed by atoms with Crippen molar-refractivity contribution < 1.29 is 48.0 Å². The minimum atomic E-state index is -2.95. The van der Waals surface area contributed by atoms with Crippen LogP contribution in [0.3, 0.4) is 0 Å². The van der Waals surface area contributed by atoms with Gasteiger partial charge in [0.05, 0.1) is 27.2 Å². The van der Waals surface area contributed by atoms with E-state index in [1.54, 1.807) is 20.8 Å². The minimum absolute atomic E-state index is 0. The average Bonchev–Trinajstić information content (AvgIpc) is 3.22. The third-order valence-corrected chi connectivity index (χ3v) is 18.9. The molecule has 0 radical (unpaired) electrons. The second kappa shape index (κ2) is 21.4. The molecule has 0 atom stereocenters. The standard InChI is InChI=1S/C54H66N2O2P2.C4H9O.Y/c1-51(2,3)39-35-45(53(7,8)9)49(57)47(37-39)59(41-25-17-13-18-26-41,42-27-19-14-20-28-42)55-33-34-56-60(43-29-21-15-22-30-43,44-31-23-16-24-32-44)48-38-40(52(4,5)6)36-46(50(48)58)54(10,11)12;1-4(2,3)5;/h13-32,35-38,57-58H,33-34H2,1-12H3;1-3H3;/q;-1;+3/p-2. The van der Waals surface area contributed by atoms with Crippen LogP contribution in [0.15, 0.2) is 155 Å². The molecule has 6 aromatic carbocycles. The molecule has 0 amide bonds. The molecule has 0 spiro atoms. The summed E-state index contributed by atoms with van der Waals surface area (Å²) in [6, 6.07) is 50.3. The van der Waals surface area contributed by atoms with Crippen molar-refractivity contribution in [3.05, 3.63) is 168 Å². The van der Waals surface area contributed by atoms with Crippen molar-refractivity contribution in [2.45, 2.75) is 131 Å². The molecule has 0 saturated carbocycles. The molecule has 0 aliphatic rings. The van der Waals surface area contributed by atoms with Crippen LogP contribution in [0.2, 0.25) is 0 Å². The van der Waals surface area contributed by atoms with E-state index in [0.29, 0.717) is 13.1 Å². The van der Waals surface area contributed by atoms with Crippen molar-refractivity contribution in [2.24, 2.45) is 9.49 Å². The molecular formula is C58H73N2O3P2Y. The molecule has 0 saturated heterocycles. The van der Waals surface area contributed by atoms with Crippen LogP contribution >= 0.6 is 14.1 Å². The Morgan fingerprint density at radius 1 is 0.379 bits per heavy atom. The summed E-state index contributed by atoms with van der Waals surface area (Å²) in [5.41, 5.74) is 1.90. The predicted octanol–water partition coefficient (Wildman–Crippen LogP) is 10.8. The van der Waals surface area contributed by atoms with Gasteiger partial charge >= 0.3 is 32.7 Å². The van der Waals surface area contributed by atoms with Crippen LogP contribution in [-0.2, 0) is 54.4 Å². The van der Waals surface area contributed by atoms with Crippen LogP contribution in [0.4, 0.5) is 0 Å². The van der Waals surface area contributed by atoms with Gasteiger partial charge in [0, 0.05) is 21.2 Å². The van der Waals surface area contributed by atoms with Crippen LogP contribution in [0.1, 0.15) is 126 Å². The second-order valence-electron chi connectivity index (χ2n) is 22.2. The Morgan fingerprint density at radius 3 is 0.803 bits per heavy atom. The maximum atomic E-state index is 15.2. The molecule has 5 nitrogen and oxygen atoms in total. The number of nitrogens with zero attached hydrogens (tertiary/aromatic N) is 2. The summed E-state index contributed by atoms with van der Waals surface area (Å²) in [4.78, 5) is 0. The zero-order chi connectivity index (χ0) is 48.2. The maximum Gasteiger partial charge on any atom is 3.00 e. The van der Waals surface area contributed by atoms with E-state index in [1.807, 2.05) is 24.3 Å². The molecule has 0 aromatic heterocycles. The van der Waals surface area contributed by atoms with Crippen LogP contribution in [-0.4, -0.2) is 18.7 Å². The smallest absolute Gasteiger partial charge is 0.872 e.